The van der Waals surface area contributed by atoms with Crippen molar-refractivity contribution >= 4 is 0 Å². The Balaban J connectivity index is 1.70. The summed E-state index contributed by atoms with van der Waals surface area (Å²) in [4.78, 5) is 4.74. The van der Waals surface area contributed by atoms with Crippen LogP contribution in [-0.2, 0) is 12.8 Å². The summed E-state index contributed by atoms with van der Waals surface area (Å²) in [6, 6.07) is 10.8. The zero-order valence-electron chi connectivity index (χ0n) is 20.4. The Labute approximate surface area is 200 Å². The van der Waals surface area contributed by atoms with Crippen LogP contribution in [0, 0.1) is 11.3 Å². The van der Waals surface area contributed by atoms with Crippen molar-refractivity contribution in [2.75, 3.05) is 42.0 Å². The van der Waals surface area contributed by atoms with Crippen molar-refractivity contribution in [3.05, 3.63) is 46.5 Å². The van der Waals surface area contributed by atoms with E-state index in [0.717, 1.165) is 29.9 Å². The van der Waals surface area contributed by atoms with Gasteiger partial charge in [-0.05, 0) is 66.4 Å². The van der Waals surface area contributed by atoms with Crippen molar-refractivity contribution in [3.8, 4) is 29.1 Å². The SMILES string of the molecule is COc1cc2c(cc1OC)[C@@H]1[C@@H]3Cc4cc(OC)c(OC)cc4[C@H](CN)N3[C@@H](C#N)[C@H](C2)N1C. The van der Waals surface area contributed by atoms with Crippen molar-refractivity contribution < 1.29 is 18.9 Å². The van der Waals surface area contributed by atoms with Crippen molar-refractivity contribution in [3.63, 3.8) is 0 Å². The van der Waals surface area contributed by atoms with E-state index >= 15 is 0 Å². The molecular formula is C26H32N4O4. The van der Waals surface area contributed by atoms with Gasteiger partial charge in [-0.2, -0.15) is 5.26 Å². The lowest BCUT2D eigenvalue weighted by molar-refractivity contribution is -0.0697. The number of nitrogens with zero attached hydrogens (tertiary/aromatic N) is 3. The molecule has 0 aromatic heterocycles. The van der Waals surface area contributed by atoms with Crippen LogP contribution in [0.15, 0.2) is 24.3 Å². The molecule has 0 spiro atoms. The zero-order chi connectivity index (χ0) is 24.1. The van der Waals surface area contributed by atoms with Crippen LogP contribution in [0.1, 0.15) is 34.3 Å². The lowest BCUT2D eigenvalue weighted by Crippen LogP contribution is -2.68. The third-order valence-corrected chi connectivity index (χ3v) is 7.94. The Bertz CT molecular complexity index is 1150. The third kappa shape index (κ3) is 3.15. The molecule has 0 radical (unpaired) electrons. The first-order valence-electron chi connectivity index (χ1n) is 11.6. The summed E-state index contributed by atoms with van der Waals surface area (Å²) in [5.41, 5.74) is 11.1. The topological polar surface area (TPSA) is 93.2 Å². The van der Waals surface area contributed by atoms with E-state index in [2.05, 4.69) is 41.1 Å². The van der Waals surface area contributed by atoms with E-state index < -0.39 is 0 Å². The maximum absolute atomic E-state index is 10.4. The summed E-state index contributed by atoms with van der Waals surface area (Å²) in [6.07, 6.45) is 1.54. The van der Waals surface area contributed by atoms with E-state index in [1.807, 2.05) is 6.07 Å². The molecule has 2 N–H and O–H groups in total. The number of rotatable bonds is 5. The highest BCUT2D eigenvalue weighted by molar-refractivity contribution is 5.54. The minimum atomic E-state index is -0.290. The highest BCUT2D eigenvalue weighted by Gasteiger charge is 2.54. The van der Waals surface area contributed by atoms with Gasteiger partial charge in [0.15, 0.2) is 23.0 Å². The molecule has 3 heterocycles. The number of benzene rings is 2. The van der Waals surface area contributed by atoms with Crippen LogP contribution in [0.2, 0.25) is 0 Å². The minimum Gasteiger partial charge on any atom is -0.493 e. The molecule has 1 fully saturated rings. The van der Waals surface area contributed by atoms with Gasteiger partial charge in [-0.3, -0.25) is 9.80 Å². The number of piperazine rings is 1. The third-order valence-electron chi connectivity index (χ3n) is 7.94. The minimum absolute atomic E-state index is 0.0487. The van der Waals surface area contributed by atoms with Crippen LogP contribution in [-0.4, -0.2) is 70.0 Å². The molecule has 8 nitrogen and oxygen atoms in total. The zero-order valence-corrected chi connectivity index (χ0v) is 20.4. The van der Waals surface area contributed by atoms with Gasteiger partial charge in [0.2, 0.25) is 0 Å². The summed E-state index contributed by atoms with van der Waals surface area (Å²) in [5.74, 6) is 2.84. The van der Waals surface area contributed by atoms with Gasteiger partial charge in [0.25, 0.3) is 0 Å². The van der Waals surface area contributed by atoms with Crippen LogP contribution < -0.4 is 24.7 Å². The Kier molecular flexibility index (Phi) is 5.80. The highest BCUT2D eigenvalue weighted by atomic mass is 16.5. The number of nitriles is 1. The molecule has 34 heavy (non-hydrogen) atoms. The van der Waals surface area contributed by atoms with E-state index in [1.54, 1.807) is 28.4 Å². The fourth-order valence-electron chi connectivity index (χ4n) is 6.42. The second-order valence-electron chi connectivity index (χ2n) is 9.24. The number of methoxy groups -OCH3 is 4. The number of hydrogen-bond acceptors (Lipinski definition) is 8. The Hall–Kier alpha value is -2.99. The lowest BCUT2D eigenvalue weighted by atomic mass is 9.72. The molecule has 0 aliphatic carbocycles. The van der Waals surface area contributed by atoms with Gasteiger partial charge in [0.1, 0.15) is 6.04 Å². The monoisotopic (exact) mass is 464 g/mol. The van der Waals surface area contributed by atoms with Gasteiger partial charge in [0.05, 0.1) is 40.6 Å². The fraction of sp³-hybridized carbons (Fsp3) is 0.500. The van der Waals surface area contributed by atoms with Crippen molar-refractivity contribution in [2.24, 2.45) is 5.73 Å². The molecule has 0 unspecified atom stereocenters. The molecule has 2 aromatic rings. The molecule has 0 amide bonds. The fourth-order valence-corrected chi connectivity index (χ4v) is 6.42. The second-order valence-corrected chi connectivity index (χ2v) is 9.24. The summed E-state index contributed by atoms with van der Waals surface area (Å²) in [6.45, 7) is 0.416. The number of fused-ring (bicyclic) bond motifs is 7. The number of hydrogen-bond donors (Lipinski definition) is 1. The molecular weight excluding hydrogens is 432 g/mol. The van der Waals surface area contributed by atoms with E-state index in [-0.39, 0.29) is 30.2 Å². The smallest absolute Gasteiger partial charge is 0.161 e. The predicted molar refractivity (Wildman–Crippen MR) is 128 cm³/mol. The van der Waals surface area contributed by atoms with E-state index in [1.165, 1.54) is 16.7 Å². The maximum Gasteiger partial charge on any atom is 0.161 e. The van der Waals surface area contributed by atoms with Gasteiger partial charge in [0, 0.05) is 24.7 Å². The quantitative estimate of drug-likeness (QED) is 0.721. The molecule has 0 saturated carbocycles. The van der Waals surface area contributed by atoms with Gasteiger partial charge < -0.3 is 24.7 Å². The second kappa shape index (κ2) is 8.66. The van der Waals surface area contributed by atoms with Gasteiger partial charge in [-0.1, -0.05) is 0 Å². The lowest BCUT2D eigenvalue weighted by Gasteiger charge is -2.59. The standard InChI is InChI=1S/C26H32N4O4/c1-29-18-6-15-9-23(32-3)25(34-5)11-17(15)26(29)19-7-14-8-22(31-2)24(33-4)10-16(14)20(12-27)30(19)21(18)13-28/h8-11,18-21,26H,6-7,12,27H2,1-5H3/t18-,19-,20-,21-,26+/m0/s1. The molecule has 180 valence electrons. The molecule has 2 bridgehead atoms. The number of nitrogens with two attached hydrogens (primary N) is 1. The molecule has 5 atom stereocenters. The maximum atomic E-state index is 10.4. The Morgan fingerprint density at radius 1 is 0.853 bits per heavy atom. The van der Waals surface area contributed by atoms with Crippen molar-refractivity contribution in [1.82, 2.24) is 9.80 Å². The van der Waals surface area contributed by atoms with E-state index in [4.69, 9.17) is 24.7 Å². The normalized spacial score (nSPS) is 27.6. The highest BCUT2D eigenvalue weighted by Crippen LogP contribution is 2.51. The van der Waals surface area contributed by atoms with Gasteiger partial charge in [-0.25, -0.2) is 0 Å². The molecule has 5 rings (SSSR count). The Morgan fingerprint density at radius 3 is 1.88 bits per heavy atom. The van der Waals surface area contributed by atoms with E-state index in [9.17, 15) is 5.26 Å². The average Bonchev–Trinajstić information content (AvgIpc) is 2.86. The molecule has 3 aliphatic rings. The molecule has 1 saturated heterocycles. The van der Waals surface area contributed by atoms with Gasteiger partial charge in [-0.15, -0.1) is 0 Å². The van der Waals surface area contributed by atoms with Crippen LogP contribution in [0.25, 0.3) is 0 Å². The molecule has 3 aliphatic heterocycles. The van der Waals surface area contributed by atoms with Crippen molar-refractivity contribution in [2.45, 2.75) is 43.1 Å². The average molecular weight is 465 g/mol. The first-order chi connectivity index (χ1) is 16.5. The summed E-state index contributed by atoms with van der Waals surface area (Å²) < 4.78 is 22.4. The van der Waals surface area contributed by atoms with Crippen LogP contribution in [0.4, 0.5) is 0 Å². The largest absolute Gasteiger partial charge is 0.493 e. The predicted octanol–water partition coefficient (Wildman–Crippen LogP) is 2.45. The molecule has 8 heteroatoms. The number of ether oxygens (including phenoxy) is 4. The van der Waals surface area contributed by atoms with Gasteiger partial charge >= 0.3 is 0 Å². The first-order valence-corrected chi connectivity index (χ1v) is 11.6. The molecule has 2 aromatic carbocycles. The number of likely N-dealkylation sites (N-methyl/N-ethyl adjacent to an activating group) is 1. The van der Waals surface area contributed by atoms with E-state index in [0.29, 0.717) is 18.0 Å². The van der Waals surface area contributed by atoms with Crippen LogP contribution in [0.3, 0.4) is 0 Å². The summed E-state index contributed by atoms with van der Waals surface area (Å²) >= 11 is 0. The van der Waals surface area contributed by atoms with Crippen molar-refractivity contribution in [1.29, 1.82) is 5.26 Å². The van der Waals surface area contributed by atoms with Crippen LogP contribution >= 0.6 is 0 Å². The Morgan fingerprint density at radius 2 is 1.35 bits per heavy atom. The summed E-state index contributed by atoms with van der Waals surface area (Å²) in [7, 11) is 8.76. The van der Waals surface area contributed by atoms with Crippen LogP contribution in [0.5, 0.6) is 23.0 Å². The summed E-state index contributed by atoms with van der Waals surface area (Å²) in [5, 5.41) is 10.4. The first kappa shape index (κ1) is 22.8.